The lowest BCUT2D eigenvalue weighted by molar-refractivity contribution is -0.129. The maximum atomic E-state index is 13.0. The van der Waals surface area contributed by atoms with E-state index < -0.39 is 0 Å². The molecule has 6 heteroatoms. The largest absolute Gasteiger partial charge is 0.335 e. The van der Waals surface area contributed by atoms with E-state index in [2.05, 4.69) is 79.5 Å². The molecule has 0 radical (unpaired) electrons. The molecule has 1 heterocycles. The molecule has 0 spiro atoms. The van der Waals surface area contributed by atoms with Crippen molar-refractivity contribution in [1.29, 1.82) is 0 Å². The number of hydrogen-bond donors (Lipinski definition) is 0. The van der Waals surface area contributed by atoms with Crippen molar-refractivity contribution in [2.24, 2.45) is 0 Å². The Morgan fingerprint density at radius 1 is 1.13 bits per heavy atom. The number of carbonyl (C=O) groups is 1. The topological polar surface area (TPSA) is 51.0 Å². The summed E-state index contributed by atoms with van der Waals surface area (Å²) in [5.74, 6) is 1.02. The summed E-state index contributed by atoms with van der Waals surface area (Å²) in [6.07, 6.45) is 3.91. The fourth-order valence-corrected chi connectivity index (χ4v) is 4.24. The number of aromatic nitrogens is 3. The summed E-state index contributed by atoms with van der Waals surface area (Å²) in [6, 6.07) is 17.2. The highest BCUT2D eigenvalue weighted by Gasteiger charge is 2.32. The first-order valence-corrected chi connectivity index (χ1v) is 11.5. The molecular weight excluding hydrogens is 392 g/mol. The third-order valence-electron chi connectivity index (χ3n) is 5.46. The normalized spacial score (nSPS) is 13.6. The second kappa shape index (κ2) is 9.04. The van der Waals surface area contributed by atoms with Crippen LogP contribution in [0.2, 0.25) is 0 Å². The SMILES string of the molecule is Cc1ccc(CN(C(=O)CSc2nncn2-c2ccc(C(C)C)cc2)C2CC2)cc1. The van der Waals surface area contributed by atoms with Crippen molar-refractivity contribution in [3.8, 4) is 5.69 Å². The van der Waals surface area contributed by atoms with Crippen LogP contribution in [0.25, 0.3) is 5.69 Å². The van der Waals surface area contributed by atoms with E-state index in [0.29, 0.717) is 24.3 Å². The monoisotopic (exact) mass is 420 g/mol. The lowest BCUT2D eigenvalue weighted by Gasteiger charge is -2.22. The number of aryl methyl sites for hydroxylation is 1. The minimum Gasteiger partial charge on any atom is -0.335 e. The standard InChI is InChI=1S/C24H28N4OS/c1-17(2)20-8-10-22(11-9-20)28-16-25-26-24(28)30-15-23(29)27(21-12-13-21)14-19-6-4-18(3)5-7-19/h4-11,16-17,21H,12-15H2,1-3H3. The summed E-state index contributed by atoms with van der Waals surface area (Å²) in [4.78, 5) is 15.0. The third kappa shape index (κ3) is 4.93. The Morgan fingerprint density at radius 2 is 1.83 bits per heavy atom. The molecule has 3 aromatic rings. The van der Waals surface area contributed by atoms with Crippen molar-refractivity contribution in [2.75, 3.05) is 5.75 Å². The van der Waals surface area contributed by atoms with E-state index in [0.717, 1.165) is 23.7 Å². The van der Waals surface area contributed by atoms with Gasteiger partial charge in [-0.25, -0.2) is 0 Å². The zero-order valence-corrected chi connectivity index (χ0v) is 18.6. The molecular formula is C24H28N4OS. The van der Waals surface area contributed by atoms with Crippen LogP contribution in [0.1, 0.15) is 49.3 Å². The Hall–Kier alpha value is -2.60. The molecule has 4 rings (SSSR count). The molecule has 156 valence electrons. The number of amides is 1. The molecule has 2 aromatic carbocycles. The molecule has 0 unspecified atom stereocenters. The summed E-state index contributed by atoms with van der Waals surface area (Å²) in [5, 5.41) is 9.05. The Balaban J connectivity index is 1.42. The number of nitrogens with zero attached hydrogens (tertiary/aromatic N) is 4. The van der Waals surface area contributed by atoms with Crippen LogP contribution >= 0.6 is 11.8 Å². The van der Waals surface area contributed by atoms with Gasteiger partial charge in [-0.2, -0.15) is 0 Å². The van der Waals surface area contributed by atoms with E-state index in [1.165, 1.54) is 28.5 Å². The fraction of sp³-hybridized carbons (Fsp3) is 0.375. The summed E-state index contributed by atoms with van der Waals surface area (Å²) < 4.78 is 1.95. The van der Waals surface area contributed by atoms with Crippen LogP contribution in [0.15, 0.2) is 60.0 Å². The van der Waals surface area contributed by atoms with Gasteiger partial charge in [-0.15, -0.1) is 10.2 Å². The number of carbonyl (C=O) groups excluding carboxylic acids is 1. The Morgan fingerprint density at radius 3 is 2.47 bits per heavy atom. The molecule has 1 aliphatic rings. The smallest absolute Gasteiger partial charge is 0.233 e. The second-order valence-corrected chi connectivity index (χ2v) is 9.20. The molecule has 1 aromatic heterocycles. The van der Waals surface area contributed by atoms with Crippen LogP contribution in [0.3, 0.4) is 0 Å². The molecule has 0 N–H and O–H groups in total. The van der Waals surface area contributed by atoms with Crippen LogP contribution in [0.4, 0.5) is 0 Å². The van der Waals surface area contributed by atoms with Crippen molar-refractivity contribution < 1.29 is 4.79 Å². The zero-order valence-electron chi connectivity index (χ0n) is 17.8. The van der Waals surface area contributed by atoms with Crippen LogP contribution in [-0.2, 0) is 11.3 Å². The van der Waals surface area contributed by atoms with Gasteiger partial charge < -0.3 is 4.90 Å². The third-order valence-corrected chi connectivity index (χ3v) is 6.39. The van der Waals surface area contributed by atoms with E-state index in [1.807, 2.05) is 9.47 Å². The molecule has 0 atom stereocenters. The Bertz CT molecular complexity index is 991. The van der Waals surface area contributed by atoms with Gasteiger partial charge in [0.2, 0.25) is 5.91 Å². The predicted molar refractivity (Wildman–Crippen MR) is 121 cm³/mol. The van der Waals surface area contributed by atoms with Crippen molar-refractivity contribution in [3.63, 3.8) is 0 Å². The average molecular weight is 421 g/mol. The molecule has 1 saturated carbocycles. The van der Waals surface area contributed by atoms with Crippen LogP contribution in [0.5, 0.6) is 0 Å². The summed E-state index contributed by atoms with van der Waals surface area (Å²) in [6.45, 7) is 7.12. The van der Waals surface area contributed by atoms with Crippen LogP contribution in [0, 0.1) is 6.92 Å². The van der Waals surface area contributed by atoms with E-state index in [1.54, 1.807) is 6.33 Å². The van der Waals surface area contributed by atoms with E-state index in [-0.39, 0.29) is 5.91 Å². The van der Waals surface area contributed by atoms with E-state index in [4.69, 9.17) is 0 Å². The Kier molecular flexibility index (Phi) is 6.23. The van der Waals surface area contributed by atoms with Gasteiger partial charge in [0, 0.05) is 18.3 Å². The maximum Gasteiger partial charge on any atom is 0.233 e. The van der Waals surface area contributed by atoms with Crippen molar-refractivity contribution in [3.05, 3.63) is 71.5 Å². The highest BCUT2D eigenvalue weighted by Crippen LogP contribution is 2.30. The highest BCUT2D eigenvalue weighted by molar-refractivity contribution is 7.99. The van der Waals surface area contributed by atoms with Gasteiger partial charge in [-0.3, -0.25) is 9.36 Å². The molecule has 1 amide bonds. The van der Waals surface area contributed by atoms with Crippen molar-refractivity contribution in [1.82, 2.24) is 19.7 Å². The number of benzene rings is 2. The first kappa shape index (κ1) is 20.7. The lowest BCUT2D eigenvalue weighted by Crippen LogP contribution is -2.34. The fourth-order valence-electron chi connectivity index (χ4n) is 3.43. The zero-order chi connectivity index (χ0) is 21.1. The van der Waals surface area contributed by atoms with Gasteiger partial charge >= 0.3 is 0 Å². The quantitative estimate of drug-likeness (QED) is 0.482. The lowest BCUT2D eigenvalue weighted by atomic mass is 10.0. The van der Waals surface area contributed by atoms with E-state index in [9.17, 15) is 4.79 Å². The summed E-state index contributed by atoms with van der Waals surface area (Å²) in [5.41, 5.74) is 4.73. The highest BCUT2D eigenvalue weighted by atomic mass is 32.2. The second-order valence-electron chi connectivity index (χ2n) is 8.26. The number of thioether (sulfide) groups is 1. The minimum atomic E-state index is 0.160. The predicted octanol–water partition coefficient (Wildman–Crippen LogP) is 4.98. The molecule has 0 saturated heterocycles. The number of rotatable bonds is 8. The van der Waals surface area contributed by atoms with Crippen molar-refractivity contribution >= 4 is 17.7 Å². The molecule has 0 aliphatic heterocycles. The molecule has 0 bridgehead atoms. The minimum absolute atomic E-state index is 0.160. The maximum absolute atomic E-state index is 13.0. The Labute approximate surface area is 182 Å². The van der Waals surface area contributed by atoms with Gasteiger partial charge in [-0.1, -0.05) is 67.6 Å². The first-order valence-electron chi connectivity index (χ1n) is 10.5. The van der Waals surface area contributed by atoms with Gasteiger partial charge in [0.05, 0.1) is 5.75 Å². The van der Waals surface area contributed by atoms with E-state index >= 15 is 0 Å². The van der Waals surface area contributed by atoms with Gasteiger partial charge in [0.25, 0.3) is 0 Å². The molecule has 5 nitrogen and oxygen atoms in total. The van der Waals surface area contributed by atoms with Crippen LogP contribution in [-0.4, -0.2) is 37.4 Å². The molecule has 30 heavy (non-hydrogen) atoms. The van der Waals surface area contributed by atoms with Gasteiger partial charge in [0.15, 0.2) is 5.16 Å². The summed E-state index contributed by atoms with van der Waals surface area (Å²) >= 11 is 1.45. The van der Waals surface area contributed by atoms with Gasteiger partial charge in [-0.05, 0) is 48.9 Å². The molecule has 1 aliphatic carbocycles. The van der Waals surface area contributed by atoms with Crippen LogP contribution < -0.4 is 0 Å². The number of hydrogen-bond acceptors (Lipinski definition) is 4. The first-order chi connectivity index (χ1) is 14.5. The average Bonchev–Trinajstić information content (AvgIpc) is 3.48. The molecule has 1 fully saturated rings. The van der Waals surface area contributed by atoms with Crippen molar-refractivity contribution in [2.45, 2.75) is 57.3 Å². The summed E-state index contributed by atoms with van der Waals surface area (Å²) in [7, 11) is 0. The van der Waals surface area contributed by atoms with Gasteiger partial charge in [0.1, 0.15) is 6.33 Å².